The number of halogens is 1. The molecule has 0 atom stereocenters. The summed E-state index contributed by atoms with van der Waals surface area (Å²) in [5, 5.41) is 7.73. The fraction of sp³-hybridized carbons (Fsp3) is 0.433. The third kappa shape index (κ3) is 7.28. The molecule has 7 nitrogen and oxygen atoms in total. The van der Waals surface area contributed by atoms with Crippen LogP contribution in [0.2, 0.25) is 0 Å². The molecule has 8 heteroatoms. The molecule has 0 amide bonds. The highest BCUT2D eigenvalue weighted by Gasteiger charge is 2.23. The number of carbonyl (C=O) groups is 2. The Bertz CT molecular complexity index is 1280. The quantitative estimate of drug-likeness (QED) is 0.366. The molecule has 2 aromatic carbocycles. The number of anilines is 1. The molecule has 0 radical (unpaired) electrons. The van der Waals surface area contributed by atoms with Crippen molar-refractivity contribution in [3.05, 3.63) is 59.9 Å². The summed E-state index contributed by atoms with van der Waals surface area (Å²) in [5.74, 6) is -0.466. The fourth-order valence-electron chi connectivity index (χ4n) is 4.81. The van der Waals surface area contributed by atoms with Gasteiger partial charge in [-0.2, -0.15) is 0 Å². The van der Waals surface area contributed by atoms with Gasteiger partial charge < -0.3 is 20.1 Å². The Morgan fingerprint density at radius 3 is 2.39 bits per heavy atom. The van der Waals surface area contributed by atoms with Gasteiger partial charge in [0.05, 0.1) is 36.1 Å². The lowest BCUT2D eigenvalue weighted by atomic mass is 9.86. The van der Waals surface area contributed by atoms with E-state index < -0.39 is 11.6 Å². The van der Waals surface area contributed by atoms with Crippen LogP contribution in [0.1, 0.15) is 56.8 Å². The Labute approximate surface area is 223 Å². The molecule has 1 aromatic heterocycles. The molecule has 0 bridgehead atoms. The first-order chi connectivity index (χ1) is 18.1. The number of nitrogens with one attached hydrogen (secondary N) is 2. The summed E-state index contributed by atoms with van der Waals surface area (Å²) in [7, 11) is 1.36. The van der Waals surface area contributed by atoms with Crippen LogP contribution in [0.4, 0.5) is 10.1 Å². The number of carbonyl (C=O) groups excluding carboxylic acids is 2. The fourth-order valence-corrected chi connectivity index (χ4v) is 4.81. The van der Waals surface area contributed by atoms with Crippen LogP contribution in [0.3, 0.4) is 0 Å². The maximum absolute atomic E-state index is 13.6. The van der Waals surface area contributed by atoms with Gasteiger partial charge in [0.25, 0.3) is 0 Å². The van der Waals surface area contributed by atoms with E-state index in [0.29, 0.717) is 17.5 Å². The number of esters is 2. The minimum absolute atomic E-state index is 0.224. The van der Waals surface area contributed by atoms with Gasteiger partial charge in [-0.3, -0.25) is 4.79 Å². The summed E-state index contributed by atoms with van der Waals surface area (Å²) in [4.78, 5) is 28.9. The predicted octanol–water partition coefficient (Wildman–Crippen LogP) is 5.73. The van der Waals surface area contributed by atoms with Crippen molar-refractivity contribution in [2.45, 2.75) is 58.1 Å². The second-order valence-electron chi connectivity index (χ2n) is 10.9. The van der Waals surface area contributed by atoms with Crippen molar-refractivity contribution >= 4 is 28.5 Å². The maximum Gasteiger partial charge on any atom is 0.337 e. The molecule has 1 fully saturated rings. The molecule has 202 valence electrons. The van der Waals surface area contributed by atoms with Gasteiger partial charge in [-0.1, -0.05) is 0 Å². The van der Waals surface area contributed by atoms with Crippen LogP contribution < -0.4 is 10.6 Å². The van der Waals surface area contributed by atoms with Gasteiger partial charge in [0, 0.05) is 23.5 Å². The maximum atomic E-state index is 13.6. The first kappa shape index (κ1) is 27.5. The van der Waals surface area contributed by atoms with Gasteiger partial charge in [-0.05, 0) is 101 Å². The van der Waals surface area contributed by atoms with Crippen LogP contribution in [-0.4, -0.2) is 48.8 Å². The molecule has 1 saturated carbocycles. The standard InChI is InChI=1S/C30H36FN3O4/c1-30(2,3)38-27(35)18-32-24-12-5-19(6-13-24)17-33-26-16-22-15-21(29(36)37-4)9-14-25(22)34-28(26)20-7-10-23(31)11-8-20/h7-11,14-16,19,24,32-33H,5-6,12-13,17-18H2,1-4H3. The number of aromatic nitrogens is 1. The minimum atomic E-state index is -0.479. The minimum Gasteiger partial charge on any atom is -0.465 e. The second kappa shape index (κ2) is 11.9. The molecular formula is C30H36FN3O4. The van der Waals surface area contributed by atoms with Gasteiger partial charge in [-0.15, -0.1) is 0 Å². The van der Waals surface area contributed by atoms with Crippen LogP contribution in [0.15, 0.2) is 48.5 Å². The number of fused-ring (bicyclic) bond motifs is 1. The Hall–Kier alpha value is -3.52. The first-order valence-corrected chi connectivity index (χ1v) is 13.1. The monoisotopic (exact) mass is 521 g/mol. The van der Waals surface area contributed by atoms with Crippen molar-refractivity contribution in [1.82, 2.24) is 10.3 Å². The van der Waals surface area contributed by atoms with E-state index in [-0.39, 0.29) is 18.3 Å². The molecule has 3 aromatic rings. The van der Waals surface area contributed by atoms with E-state index in [4.69, 9.17) is 14.5 Å². The zero-order valence-corrected chi connectivity index (χ0v) is 22.5. The highest BCUT2D eigenvalue weighted by atomic mass is 19.1. The van der Waals surface area contributed by atoms with Crippen LogP contribution in [0, 0.1) is 11.7 Å². The average Bonchev–Trinajstić information content (AvgIpc) is 2.89. The second-order valence-corrected chi connectivity index (χ2v) is 10.9. The largest absolute Gasteiger partial charge is 0.465 e. The number of ether oxygens (including phenoxy) is 2. The Morgan fingerprint density at radius 2 is 1.74 bits per heavy atom. The molecule has 0 aliphatic heterocycles. The zero-order valence-electron chi connectivity index (χ0n) is 22.5. The average molecular weight is 522 g/mol. The van der Waals surface area contributed by atoms with Gasteiger partial charge in [-0.25, -0.2) is 14.2 Å². The number of hydrogen-bond acceptors (Lipinski definition) is 7. The van der Waals surface area contributed by atoms with E-state index in [1.165, 1.54) is 19.2 Å². The highest BCUT2D eigenvalue weighted by molar-refractivity contribution is 5.96. The normalized spacial score (nSPS) is 17.7. The SMILES string of the molecule is COC(=O)c1ccc2nc(-c3ccc(F)cc3)c(NCC3CCC(NCC(=O)OC(C)(C)C)CC3)cc2c1. The summed E-state index contributed by atoms with van der Waals surface area (Å²) in [6.45, 7) is 6.59. The number of nitrogens with zero attached hydrogens (tertiary/aromatic N) is 1. The molecule has 0 unspecified atom stereocenters. The number of hydrogen-bond donors (Lipinski definition) is 2. The van der Waals surface area contributed by atoms with Gasteiger partial charge in [0.15, 0.2) is 0 Å². The van der Waals surface area contributed by atoms with Crippen LogP contribution in [-0.2, 0) is 14.3 Å². The van der Waals surface area contributed by atoms with Crippen LogP contribution in [0.5, 0.6) is 0 Å². The summed E-state index contributed by atoms with van der Waals surface area (Å²) >= 11 is 0. The van der Waals surface area contributed by atoms with Crippen molar-refractivity contribution in [3.8, 4) is 11.3 Å². The molecule has 1 aliphatic carbocycles. The lowest BCUT2D eigenvalue weighted by Gasteiger charge is -2.30. The van der Waals surface area contributed by atoms with Crippen molar-refractivity contribution in [3.63, 3.8) is 0 Å². The van der Waals surface area contributed by atoms with E-state index in [1.54, 1.807) is 30.3 Å². The lowest BCUT2D eigenvalue weighted by Crippen LogP contribution is -2.39. The van der Waals surface area contributed by atoms with Gasteiger partial charge in [0.1, 0.15) is 11.4 Å². The Kier molecular flexibility index (Phi) is 8.62. The van der Waals surface area contributed by atoms with Gasteiger partial charge in [0.2, 0.25) is 0 Å². The predicted molar refractivity (Wildman–Crippen MR) is 147 cm³/mol. The van der Waals surface area contributed by atoms with Crippen molar-refractivity contribution in [1.29, 1.82) is 0 Å². The van der Waals surface area contributed by atoms with Crippen LogP contribution >= 0.6 is 0 Å². The Balaban J connectivity index is 1.44. The number of pyridine rings is 1. The topological polar surface area (TPSA) is 89.5 Å². The number of methoxy groups -OCH3 is 1. The summed E-state index contributed by atoms with van der Waals surface area (Å²) in [6, 6.07) is 13.8. The van der Waals surface area contributed by atoms with Gasteiger partial charge >= 0.3 is 11.9 Å². The van der Waals surface area contributed by atoms with E-state index >= 15 is 0 Å². The first-order valence-electron chi connectivity index (χ1n) is 13.1. The number of benzene rings is 2. The van der Waals surface area contributed by atoms with E-state index in [2.05, 4.69) is 10.6 Å². The molecule has 38 heavy (non-hydrogen) atoms. The van der Waals surface area contributed by atoms with Crippen LogP contribution in [0.25, 0.3) is 22.2 Å². The van der Waals surface area contributed by atoms with Crippen molar-refractivity contribution in [2.75, 3.05) is 25.5 Å². The molecule has 4 rings (SSSR count). The summed E-state index contributed by atoms with van der Waals surface area (Å²) in [6.07, 6.45) is 4.02. The van der Waals surface area contributed by atoms with Crippen molar-refractivity contribution in [2.24, 2.45) is 5.92 Å². The highest BCUT2D eigenvalue weighted by Crippen LogP contribution is 2.32. The smallest absolute Gasteiger partial charge is 0.337 e. The summed E-state index contributed by atoms with van der Waals surface area (Å²) < 4.78 is 23.8. The molecule has 1 heterocycles. The molecular weight excluding hydrogens is 485 g/mol. The molecule has 0 saturated heterocycles. The molecule has 1 aliphatic rings. The van der Waals surface area contributed by atoms with E-state index in [1.807, 2.05) is 26.8 Å². The van der Waals surface area contributed by atoms with Crippen molar-refractivity contribution < 1.29 is 23.5 Å². The number of rotatable bonds is 8. The molecule has 2 N–H and O–H groups in total. The zero-order chi connectivity index (χ0) is 27.3. The lowest BCUT2D eigenvalue weighted by molar-refractivity contribution is -0.153. The van der Waals surface area contributed by atoms with E-state index in [0.717, 1.165) is 60.1 Å². The third-order valence-corrected chi connectivity index (χ3v) is 6.74. The van der Waals surface area contributed by atoms with E-state index in [9.17, 15) is 14.0 Å². The Morgan fingerprint density at radius 1 is 1.03 bits per heavy atom. The molecule has 0 spiro atoms. The third-order valence-electron chi connectivity index (χ3n) is 6.74. The summed E-state index contributed by atoms with van der Waals surface area (Å²) in [5.41, 5.74) is 3.08.